The molecular weight excluding hydrogens is 366 g/mol. The molecule has 1 N–H and O–H groups in total. The van der Waals surface area contributed by atoms with Crippen LogP contribution in [0.25, 0.3) is 27.8 Å². The molecule has 6 heteroatoms. The summed E-state index contributed by atoms with van der Waals surface area (Å²) >= 11 is 0. The van der Waals surface area contributed by atoms with E-state index in [1.165, 1.54) is 11.6 Å². The fourth-order valence-electron chi connectivity index (χ4n) is 3.85. The zero-order valence-corrected chi connectivity index (χ0v) is 17.1. The number of aromatic nitrogens is 3. The second-order valence-electron chi connectivity index (χ2n) is 7.63. The largest absolute Gasteiger partial charge is 0.505 e. The predicted molar refractivity (Wildman–Crippen MR) is 115 cm³/mol. The van der Waals surface area contributed by atoms with Gasteiger partial charge in [0.15, 0.2) is 0 Å². The molecular formula is C23H23N3O3. The van der Waals surface area contributed by atoms with Crippen LogP contribution in [0.15, 0.2) is 52.2 Å². The third kappa shape index (κ3) is 2.79. The van der Waals surface area contributed by atoms with Gasteiger partial charge < -0.3 is 9.67 Å². The molecule has 0 saturated carbocycles. The van der Waals surface area contributed by atoms with Gasteiger partial charge in [-0.05, 0) is 43.5 Å². The minimum atomic E-state index is -0.389. The Labute approximate surface area is 167 Å². The van der Waals surface area contributed by atoms with Crippen molar-refractivity contribution in [1.82, 2.24) is 13.7 Å². The smallest absolute Gasteiger partial charge is 0.330 e. The lowest BCUT2D eigenvalue weighted by atomic mass is 10.1. The zero-order valence-electron chi connectivity index (χ0n) is 17.1. The molecule has 0 saturated heterocycles. The van der Waals surface area contributed by atoms with Crippen LogP contribution in [-0.2, 0) is 14.1 Å². The lowest BCUT2D eigenvalue weighted by molar-refractivity contribution is 0.468. The molecule has 0 aliphatic carbocycles. The van der Waals surface area contributed by atoms with Crippen molar-refractivity contribution >= 4 is 10.9 Å². The number of fused-ring (bicyclic) bond motifs is 1. The number of phenols is 1. The van der Waals surface area contributed by atoms with Crippen molar-refractivity contribution in [2.45, 2.75) is 20.8 Å². The molecule has 4 rings (SSSR count). The molecule has 0 amide bonds. The van der Waals surface area contributed by atoms with Crippen LogP contribution in [0.2, 0.25) is 0 Å². The van der Waals surface area contributed by atoms with E-state index in [1.807, 2.05) is 61.7 Å². The maximum absolute atomic E-state index is 13.1. The summed E-state index contributed by atoms with van der Waals surface area (Å²) in [6, 6.07) is 11.6. The maximum Gasteiger partial charge on any atom is 0.330 e. The van der Waals surface area contributed by atoms with Gasteiger partial charge in [0.2, 0.25) is 0 Å². The van der Waals surface area contributed by atoms with Gasteiger partial charge in [0, 0.05) is 20.3 Å². The van der Waals surface area contributed by atoms with Gasteiger partial charge in [-0.25, -0.2) is 4.79 Å². The first-order valence-electron chi connectivity index (χ1n) is 9.39. The van der Waals surface area contributed by atoms with Crippen LogP contribution >= 0.6 is 0 Å². The molecule has 4 aromatic rings. The molecule has 0 radical (unpaired) electrons. The standard InChI is InChI=1S/C23H23N3O3/c1-13-6-8-16(9-7-13)20-19-18(24(4)23(29)25(5)22(19)28)12-26(20)17-11-14(2)10-15(3)21(17)27/h6-12,27H,1-5H3. The van der Waals surface area contributed by atoms with Gasteiger partial charge in [0.25, 0.3) is 5.56 Å². The van der Waals surface area contributed by atoms with Crippen molar-refractivity contribution in [1.29, 1.82) is 0 Å². The van der Waals surface area contributed by atoms with Crippen LogP contribution in [0.3, 0.4) is 0 Å². The summed E-state index contributed by atoms with van der Waals surface area (Å²) in [6.45, 7) is 5.80. The fourth-order valence-corrected chi connectivity index (χ4v) is 3.85. The summed E-state index contributed by atoms with van der Waals surface area (Å²) in [6.07, 6.45) is 1.75. The molecule has 0 unspecified atom stereocenters. The molecule has 6 nitrogen and oxygen atoms in total. The monoisotopic (exact) mass is 389 g/mol. The van der Waals surface area contributed by atoms with Crippen molar-refractivity contribution in [3.05, 3.63) is 80.1 Å². The molecule has 0 spiro atoms. The average Bonchev–Trinajstić information content (AvgIpc) is 3.08. The van der Waals surface area contributed by atoms with E-state index in [2.05, 4.69) is 0 Å². The normalized spacial score (nSPS) is 11.3. The Kier molecular flexibility index (Phi) is 4.22. The van der Waals surface area contributed by atoms with E-state index in [-0.39, 0.29) is 17.0 Å². The Morgan fingerprint density at radius 3 is 2.17 bits per heavy atom. The highest BCUT2D eigenvalue weighted by molar-refractivity contribution is 5.95. The molecule has 0 atom stereocenters. The van der Waals surface area contributed by atoms with E-state index in [4.69, 9.17) is 0 Å². The average molecular weight is 389 g/mol. The van der Waals surface area contributed by atoms with Crippen LogP contribution < -0.4 is 11.2 Å². The molecule has 29 heavy (non-hydrogen) atoms. The minimum absolute atomic E-state index is 0.145. The summed E-state index contributed by atoms with van der Waals surface area (Å²) in [4.78, 5) is 25.6. The van der Waals surface area contributed by atoms with Gasteiger partial charge in [0.05, 0.1) is 22.3 Å². The van der Waals surface area contributed by atoms with Crippen LogP contribution in [-0.4, -0.2) is 18.8 Å². The summed E-state index contributed by atoms with van der Waals surface area (Å²) in [5.74, 6) is 0.145. The number of hydrogen-bond donors (Lipinski definition) is 1. The molecule has 0 bridgehead atoms. The summed E-state index contributed by atoms with van der Waals surface area (Å²) < 4.78 is 4.39. The van der Waals surface area contributed by atoms with Gasteiger partial charge in [0.1, 0.15) is 5.75 Å². The van der Waals surface area contributed by atoms with E-state index >= 15 is 0 Å². The Bertz CT molecular complexity index is 1390. The number of nitrogens with zero attached hydrogens (tertiary/aromatic N) is 3. The highest BCUT2D eigenvalue weighted by Crippen LogP contribution is 2.35. The third-order valence-electron chi connectivity index (χ3n) is 5.45. The summed E-state index contributed by atoms with van der Waals surface area (Å²) in [5, 5.41) is 11.2. The molecule has 0 fully saturated rings. The summed E-state index contributed by atoms with van der Waals surface area (Å²) in [5.41, 5.74) is 4.67. The van der Waals surface area contributed by atoms with Crippen molar-refractivity contribution in [2.24, 2.45) is 14.1 Å². The van der Waals surface area contributed by atoms with Crippen molar-refractivity contribution < 1.29 is 5.11 Å². The van der Waals surface area contributed by atoms with E-state index in [0.717, 1.165) is 26.8 Å². The molecule has 0 aliphatic rings. The molecule has 2 heterocycles. The van der Waals surface area contributed by atoms with Gasteiger partial charge in [-0.3, -0.25) is 13.9 Å². The molecule has 2 aromatic heterocycles. The van der Waals surface area contributed by atoms with Crippen LogP contribution in [0.4, 0.5) is 0 Å². The summed E-state index contributed by atoms with van der Waals surface area (Å²) in [7, 11) is 3.13. The third-order valence-corrected chi connectivity index (χ3v) is 5.45. The topological polar surface area (TPSA) is 69.2 Å². The first-order chi connectivity index (χ1) is 13.7. The quantitative estimate of drug-likeness (QED) is 0.572. The van der Waals surface area contributed by atoms with Crippen molar-refractivity contribution in [3.8, 4) is 22.7 Å². The number of hydrogen-bond acceptors (Lipinski definition) is 3. The Balaban J connectivity index is 2.24. The number of aryl methyl sites for hydroxylation is 4. The van der Waals surface area contributed by atoms with Crippen molar-refractivity contribution in [3.63, 3.8) is 0 Å². The number of rotatable bonds is 2. The van der Waals surface area contributed by atoms with Gasteiger partial charge in [-0.1, -0.05) is 35.9 Å². The van der Waals surface area contributed by atoms with Gasteiger partial charge in [-0.2, -0.15) is 0 Å². The lowest BCUT2D eigenvalue weighted by Crippen LogP contribution is -2.36. The SMILES string of the molecule is Cc1ccc(-c2c3c(=O)n(C)c(=O)n(C)c3cn2-c2cc(C)cc(C)c2O)cc1. The lowest BCUT2D eigenvalue weighted by Gasteiger charge is -2.14. The van der Waals surface area contributed by atoms with Crippen molar-refractivity contribution in [2.75, 3.05) is 0 Å². The van der Waals surface area contributed by atoms with Gasteiger partial charge in [-0.15, -0.1) is 0 Å². The van der Waals surface area contributed by atoms with Crippen LogP contribution in [0.1, 0.15) is 16.7 Å². The van der Waals surface area contributed by atoms with E-state index in [9.17, 15) is 14.7 Å². The van der Waals surface area contributed by atoms with E-state index < -0.39 is 0 Å². The first-order valence-corrected chi connectivity index (χ1v) is 9.39. The Hall–Kier alpha value is -3.54. The first kappa shape index (κ1) is 18.8. The number of aromatic hydroxyl groups is 1. The highest BCUT2D eigenvalue weighted by Gasteiger charge is 2.22. The second kappa shape index (κ2) is 6.51. The second-order valence-corrected chi connectivity index (χ2v) is 7.63. The predicted octanol–water partition coefficient (Wildman–Crippen LogP) is 3.33. The van der Waals surface area contributed by atoms with Gasteiger partial charge >= 0.3 is 5.69 Å². The zero-order chi connectivity index (χ0) is 21.0. The van der Waals surface area contributed by atoms with E-state index in [0.29, 0.717) is 22.3 Å². The highest BCUT2D eigenvalue weighted by atomic mass is 16.3. The van der Waals surface area contributed by atoms with E-state index in [1.54, 1.807) is 13.2 Å². The minimum Gasteiger partial charge on any atom is -0.505 e. The number of benzene rings is 2. The number of phenolic OH excluding ortho intramolecular Hbond substituents is 1. The Morgan fingerprint density at radius 2 is 1.52 bits per heavy atom. The maximum atomic E-state index is 13.1. The van der Waals surface area contributed by atoms with Crippen LogP contribution in [0.5, 0.6) is 5.75 Å². The molecule has 2 aromatic carbocycles. The molecule has 148 valence electrons. The van der Waals surface area contributed by atoms with Crippen LogP contribution in [0, 0.1) is 20.8 Å². The Morgan fingerprint density at radius 1 is 0.862 bits per heavy atom. The fraction of sp³-hybridized carbons (Fsp3) is 0.217. The molecule has 0 aliphatic heterocycles.